The second kappa shape index (κ2) is 6.37. The predicted octanol–water partition coefficient (Wildman–Crippen LogP) is 1.18. The van der Waals surface area contributed by atoms with Gasteiger partial charge >= 0.3 is 0 Å². The van der Waals surface area contributed by atoms with Crippen molar-refractivity contribution >= 4 is 38.7 Å². The van der Waals surface area contributed by atoms with Crippen molar-refractivity contribution in [2.75, 3.05) is 39.6 Å². The average Bonchev–Trinajstić information content (AvgIpc) is 3.40. The predicted molar refractivity (Wildman–Crippen MR) is 100 cm³/mol. The lowest BCUT2D eigenvalue weighted by atomic mass is 10.0. The van der Waals surface area contributed by atoms with Crippen molar-refractivity contribution in [3.05, 3.63) is 35.9 Å². The zero-order chi connectivity index (χ0) is 19.2. The quantitative estimate of drug-likeness (QED) is 0.579. The summed E-state index contributed by atoms with van der Waals surface area (Å²) in [6, 6.07) is 7.63. The van der Waals surface area contributed by atoms with E-state index in [4.69, 9.17) is 0 Å². The minimum absolute atomic E-state index is 0.119. The van der Waals surface area contributed by atoms with Gasteiger partial charge in [0, 0.05) is 46.0 Å². The van der Waals surface area contributed by atoms with Gasteiger partial charge in [0.05, 0.1) is 4.90 Å². The Hall–Kier alpha value is -2.45. The molecule has 2 unspecified atom stereocenters. The van der Waals surface area contributed by atoms with Gasteiger partial charge in [0.2, 0.25) is 15.9 Å². The lowest BCUT2D eigenvalue weighted by Gasteiger charge is -2.17. The molecule has 0 spiro atoms. The first-order valence-corrected chi connectivity index (χ1v) is 9.54. The number of carbonyl (C=O) groups is 2. The molecule has 3 rings (SSSR count). The average molecular weight is 375 g/mol. The van der Waals surface area contributed by atoms with Crippen molar-refractivity contribution in [3.8, 4) is 0 Å². The van der Waals surface area contributed by atoms with Crippen LogP contribution in [0.3, 0.4) is 0 Å². The van der Waals surface area contributed by atoms with Crippen LogP contribution in [-0.4, -0.2) is 70.6 Å². The van der Waals surface area contributed by atoms with E-state index in [2.05, 4.69) is 0 Å². The van der Waals surface area contributed by atoms with Crippen molar-refractivity contribution in [2.24, 2.45) is 0 Å². The molecule has 0 aliphatic carbocycles. The van der Waals surface area contributed by atoms with Crippen LogP contribution in [0.25, 0.3) is 10.8 Å². The van der Waals surface area contributed by atoms with Gasteiger partial charge in [-0.25, -0.2) is 8.42 Å². The maximum atomic E-state index is 12.8. The molecule has 1 saturated heterocycles. The third-order valence-corrected chi connectivity index (χ3v) is 6.38. The number of amides is 1. The maximum Gasteiger partial charge on any atom is 0.243 e. The fraction of sp³-hybridized carbons (Fsp3) is 0.333. The Bertz CT molecular complexity index is 999. The minimum Gasteiger partial charge on any atom is -0.377 e. The van der Waals surface area contributed by atoms with E-state index in [0.29, 0.717) is 16.3 Å². The van der Waals surface area contributed by atoms with Gasteiger partial charge in [0.15, 0.2) is 6.29 Å². The van der Waals surface area contributed by atoms with E-state index in [1.807, 2.05) is 19.0 Å². The molecule has 0 radical (unpaired) electrons. The topological polar surface area (TPSA) is 77.8 Å². The second-order valence-electron chi connectivity index (χ2n) is 6.72. The van der Waals surface area contributed by atoms with Gasteiger partial charge in [0.1, 0.15) is 6.04 Å². The van der Waals surface area contributed by atoms with E-state index in [0.717, 1.165) is 12.0 Å². The van der Waals surface area contributed by atoms with E-state index >= 15 is 0 Å². The molecule has 2 aromatic rings. The number of carbonyl (C=O) groups excluding carboxylic acids is 2. The third-order valence-electron chi connectivity index (χ3n) is 4.51. The third kappa shape index (κ3) is 2.95. The number of likely N-dealkylation sites (N-methyl/N-ethyl adjacent to an activating group) is 1. The SMILES string of the molecule is CN(C)C(=O)C1CN1S(=O)(=O)c1ccc2c(C=O)c(N(C)C)ccc2c1. The first-order chi connectivity index (χ1) is 12.2. The molecule has 0 saturated carbocycles. The van der Waals surface area contributed by atoms with Gasteiger partial charge in [-0.1, -0.05) is 12.1 Å². The summed E-state index contributed by atoms with van der Waals surface area (Å²) in [5.41, 5.74) is 1.29. The zero-order valence-electron chi connectivity index (χ0n) is 15.1. The number of anilines is 1. The molecular weight excluding hydrogens is 354 g/mol. The van der Waals surface area contributed by atoms with E-state index in [1.54, 1.807) is 38.4 Å². The van der Waals surface area contributed by atoms with Crippen LogP contribution < -0.4 is 4.90 Å². The van der Waals surface area contributed by atoms with Crippen molar-refractivity contribution in [2.45, 2.75) is 10.9 Å². The molecule has 26 heavy (non-hydrogen) atoms. The number of sulfonamides is 1. The van der Waals surface area contributed by atoms with Crippen LogP contribution in [0.5, 0.6) is 0 Å². The number of hydrogen-bond donors (Lipinski definition) is 0. The zero-order valence-corrected chi connectivity index (χ0v) is 15.9. The first-order valence-electron chi connectivity index (χ1n) is 8.10. The Morgan fingerprint density at radius 3 is 2.42 bits per heavy atom. The fourth-order valence-electron chi connectivity index (χ4n) is 3.02. The number of aldehydes is 1. The second-order valence-corrected chi connectivity index (χ2v) is 8.61. The van der Waals surface area contributed by atoms with Crippen LogP contribution >= 0.6 is 0 Å². The first kappa shape index (κ1) is 18.3. The Kier molecular flexibility index (Phi) is 4.49. The van der Waals surface area contributed by atoms with E-state index < -0.39 is 16.1 Å². The highest BCUT2D eigenvalue weighted by molar-refractivity contribution is 7.89. The molecule has 1 aliphatic heterocycles. The minimum atomic E-state index is -3.74. The molecule has 0 bridgehead atoms. The van der Waals surface area contributed by atoms with E-state index in [-0.39, 0.29) is 17.3 Å². The van der Waals surface area contributed by atoms with Gasteiger partial charge < -0.3 is 9.80 Å². The van der Waals surface area contributed by atoms with Crippen molar-refractivity contribution in [3.63, 3.8) is 0 Å². The van der Waals surface area contributed by atoms with E-state index in [1.165, 1.54) is 15.3 Å². The van der Waals surface area contributed by atoms with Gasteiger partial charge in [0.25, 0.3) is 0 Å². The summed E-state index contributed by atoms with van der Waals surface area (Å²) in [5.74, 6) is -0.228. The standard InChI is InChI=1S/C18H21N3O4S/c1-19(2)16-8-5-12-9-13(6-7-14(12)15(16)11-22)26(24,25)21-10-17(21)18(23)20(3)4/h5-9,11,17H,10H2,1-4H3. The lowest BCUT2D eigenvalue weighted by molar-refractivity contribution is -0.128. The van der Waals surface area contributed by atoms with Gasteiger partial charge in [-0.15, -0.1) is 0 Å². The molecule has 1 fully saturated rings. The molecule has 0 aromatic heterocycles. The van der Waals surface area contributed by atoms with Crippen molar-refractivity contribution in [1.29, 1.82) is 0 Å². The Morgan fingerprint density at radius 2 is 1.85 bits per heavy atom. The molecule has 1 heterocycles. The summed E-state index contributed by atoms with van der Waals surface area (Å²) < 4.78 is 26.8. The number of hydrogen-bond acceptors (Lipinski definition) is 5. The summed E-state index contributed by atoms with van der Waals surface area (Å²) in [4.78, 5) is 26.8. The molecule has 8 heteroatoms. The summed E-state index contributed by atoms with van der Waals surface area (Å²) in [6.45, 7) is 0.191. The highest BCUT2D eigenvalue weighted by Gasteiger charge is 2.49. The molecule has 2 atom stereocenters. The Balaban J connectivity index is 2.01. The lowest BCUT2D eigenvalue weighted by Crippen LogP contribution is -2.30. The van der Waals surface area contributed by atoms with Crippen LogP contribution in [-0.2, 0) is 14.8 Å². The van der Waals surface area contributed by atoms with Crippen molar-refractivity contribution in [1.82, 2.24) is 9.21 Å². The number of fused-ring (bicyclic) bond motifs is 1. The Labute approximate surface area is 152 Å². The van der Waals surface area contributed by atoms with Gasteiger partial charge in [-0.2, -0.15) is 4.31 Å². The summed E-state index contributed by atoms with van der Waals surface area (Å²) in [7, 11) is 3.15. The molecule has 1 amide bonds. The number of rotatable bonds is 5. The van der Waals surface area contributed by atoms with Crippen LogP contribution in [0.1, 0.15) is 10.4 Å². The summed E-state index contributed by atoms with van der Waals surface area (Å²) in [6.07, 6.45) is 0.780. The van der Waals surface area contributed by atoms with Gasteiger partial charge in [-0.05, 0) is 29.0 Å². The van der Waals surface area contributed by atoms with Crippen LogP contribution in [0.2, 0.25) is 0 Å². The molecular formula is C18H21N3O4S. The highest BCUT2D eigenvalue weighted by atomic mass is 32.2. The molecule has 7 nitrogen and oxygen atoms in total. The molecule has 138 valence electrons. The van der Waals surface area contributed by atoms with Gasteiger partial charge in [-0.3, -0.25) is 9.59 Å². The largest absolute Gasteiger partial charge is 0.377 e. The normalized spacial score (nSPS) is 19.2. The summed E-state index contributed by atoms with van der Waals surface area (Å²) >= 11 is 0. The smallest absolute Gasteiger partial charge is 0.243 e. The van der Waals surface area contributed by atoms with Crippen LogP contribution in [0.4, 0.5) is 5.69 Å². The molecule has 1 aliphatic rings. The monoisotopic (exact) mass is 375 g/mol. The van der Waals surface area contributed by atoms with Crippen LogP contribution in [0, 0.1) is 0 Å². The molecule has 0 N–H and O–H groups in total. The maximum absolute atomic E-state index is 12.8. The highest BCUT2D eigenvalue weighted by Crippen LogP contribution is 2.33. The number of benzene rings is 2. The summed E-state index contributed by atoms with van der Waals surface area (Å²) in [5, 5.41) is 1.35. The van der Waals surface area contributed by atoms with Crippen molar-refractivity contribution < 1.29 is 18.0 Å². The van der Waals surface area contributed by atoms with Crippen LogP contribution in [0.15, 0.2) is 35.2 Å². The number of nitrogens with zero attached hydrogens (tertiary/aromatic N) is 3. The molecule has 2 aromatic carbocycles. The van der Waals surface area contributed by atoms with E-state index in [9.17, 15) is 18.0 Å². The Morgan fingerprint density at radius 1 is 1.15 bits per heavy atom. The fourth-order valence-corrected chi connectivity index (χ4v) is 4.57.